The van der Waals surface area contributed by atoms with E-state index in [1.165, 1.54) is 0 Å². The Morgan fingerprint density at radius 1 is 1.28 bits per heavy atom. The van der Waals surface area contributed by atoms with E-state index in [1.54, 1.807) is 25.5 Å². The zero-order chi connectivity index (χ0) is 22.7. The third-order valence-corrected chi connectivity index (χ3v) is 6.01. The summed E-state index contributed by atoms with van der Waals surface area (Å²) in [7, 11) is 0. The van der Waals surface area contributed by atoms with Crippen molar-refractivity contribution in [3.63, 3.8) is 0 Å². The molecule has 0 radical (unpaired) electrons. The van der Waals surface area contributed by atoms with Crippen molar-refractivity contribution in [1.82, 2.24) is 20.1 Å². The highest BCUT2D eigenvalue weighted by Gasteiger charge is 2.43. The second-order valence-corrected chi connectivity index (χ2v) is 9.16. The minimum Gasteiger partial charge on any atom is -0.463 e. The molecular formula is C25H30N4O3. The summed E-state index contributed by atoms with van der Waals surface area (Å²) in [5.41, 5.74) is 3.64. The number of aromatic nitrogens is 3. The van der Waals surface area contributed by atoms with Gasteiger partial charge in [-0.2, -0.15) is 5.10 Å². The number of allylic oxidation sites excluding steroid dienone is 3. The first-order valence-electron chi connectivity index (χ1n) is 11.2. The second-order valence-electron chi connectivity index (χ2n) is 9.16. The van der Waals surface area contributed by atoms with E-state index in [-0.39, 0.29) is 23.8 Å². The van der Waals surface area contributed by atoms with E-state index in [0.717, 1.165) is 36.3 Å². The Bertz CT molecular complexity index is 1050. The number of nitrogens with one attached hydrogen (secondary N) is 1. The molecule has 0 amide bonds. The van der Waals surface area contributed by atoms with E-state index < -0.39 is 5.92 Å². The van der Waals surface area contributed by atoms with Crippen molar-refractivity contribution in [3.8, 4) is 0 Å². The van der Waals surface area contributed by atoms with Crippen LogP contribution in [0.15, 0.2) is 65.5 Å². The number of carbonyl (C=O) groups is 2. The molecule has 1 unspecified atom stereocenters. The van der Waals surface area contributed by atoms with Crippen LogP contribution in [-0.4, -0.2) is 33.1 Å². The van der Waals surface area contributed by atoms with E-state index in [4.69, 9.17) is 4.74 Å². The first-order chi connectivity index (χ1) is 15.4. The van der Waals surface area contributed by atoms with Crippen molar-refractivity contribution < 1.29 is 14.3 Å². The zero-order valence-corrected chi connectivity index (χ0v) is 18.9. The van der Waals surface area contributed by atoms with Crippen LogP contribution in [0.4, 0.5) is 0 Å². The number of carbonyl (C=O) groups excluding carboxylic acids is 2. The van der Waals surface area contributed by atoms with Crippen LogP contribution in [-0.2, 0) is 20.9 Å². The molecule has 1 atom stereocenters. The average Bonchev–Trinajstić information content (AvgIpc) is 3.26. The van der Waals surface area contributed by atoms with E-state index in [2.05, 4.69) is 29.2 Å². The molecule has 2 aromatic heterocycles. The zero-order valence-electron chi connectivity index (χ0n) is 18.9. The van der Waals surface area contributed by atoms with E-state index in [1.807, 2.05) is 29.1 Å². The Kier molecular flexibility index (Phi) is 6.26. The topological polar surface area (TPSA) is 86.1 Å². The SMILES string of the molecule is CCOC(=O)C1=C(CCCn2cccn2)NC2=C(C(=O)CC(C)(C)C2)C1c1cccnc1. The molecule has 1 aliphatic carbocycles. The van der Waals surface area contributed by atoms with Crippen molar-refractivity contribution in [3.05, 3.63) is 71.1 Å². The molecule has 2 aliphatic rings. The normalized spacial score (nSPS) is 20.1. The number of hydrogen-bond donors (Lipinski definition) is 1. The van der Waals surface area contributed by atoms with E-state index in [0.29, 0.717) is 24.0 Å². The van der Waals surface area contributed by atoms with E-state index in [9.17, 15) is 9.59 Å². The second kappa shape index (κ2) is 9.10. The maximum absolute atomic E-state index is 13.3. The summed E-state index contributed by atoms with van der Waals surface area (Å²) in [5, 5.41) is 7.76. The number of aryl methyl sites for hydroxylation is 1. The molecule has 0 spiro atoms. The van der Waals surface area contributed by atoms with Gasteiger partial charge in [-0.1, -0.05) is 19.9 Å². The molecule has 0 fully saturated rings. The Morgan fingerprint density at radius 2 is 2.12 bits per heavy atom. The molecule has 1 N–H and O–H groups in total. The fourth-order valence-electron chi connectivity index (χ4n) is 4.73. The first kappa shape index (κ1) is 22.0. The van der Waals surface area contributed by atoms with Crippen LogP contribution in [0.25, 0.3) is 0 Å². The quantitative estimate of drug-likeness (QED) is 0.665. The number of esters is 1. The van der Waals surface area contributed by atoms with Crippen LogP contribution in [0.5, 0.6) is 0 Å². The monoisotopic (exact) mass is 434 g/mol. The van der Waals surface area contributed by atoms with Gasteiger partial charge in [0.1, 0.15) is 0 Å². The van der Waals surface area contributed by atoms with Crippen molar-refractivity contribution in [2.45, 2.75) is 58.9 Å². The van der Waals surface area contributed by atoms with Gasteiger partial charge in [-0.15, -0.1) is 0 Å². The molecule has 32 heavy (non-hydrogen) atoms. The van der Waals surface area contributed by atoms with Gasteiger partial charge >= 0.3 is 5.97 Å². The fraction of sp³-hybridized carbons (Fsp3) is 0.440. The lowest BCUT2D eigenvalue weighted by Crippen LogP contribution is -2.39. The highest BCUT2D eigenvalue weighted by Crippen LogP contribution is 2.47. The Morgan fingerprint density at radius 3 is 2.81 bits per heavy atom. The molecule has 0 saturated heterocycles. The lowest BCUT2D eigenvalue weighted by atomic mass is 9.68. The van der Waals surface area contributed by atoms with Crippen molar-refractivity contribution in [2.75, 3.05) is 6.61 Å². The van der Waals surface area contributed by atoms with Crippen molar-refractivity contribution >= 4 is 11.8 Å². The van der Waals surface area contributed by atoms with E-state index >= 15 is 0 Å². The molecule has 1 aliphatic heterocycles. The van der Waals surface area contributed by atoms with Gasteiger partial charge in [0.25, 0.3) is 0 Å². The number of hydrogen-bond acceptors (Lipinski definition) is 6. The molecular weight excluding hydrogens is 404 g/mol. The van der Waals surface area contributed by atoms with Gasteiger partial charge < -0.3 is 10.1 Å². The number of dihydropyridines is 1. The molecule has 4 rings (SSSR count). The highest BCUT2D eigenvalue weighted by atomic mass is 16.5. The van der Waals surface area contributed by atoms with Gasteiger partial charge in [-0.05, 0) is 49.3 Å². The van der Waals surface area contributed by atoms with Gasteiger partial charge in [0.15, 0.2) is 5.78 Å². The molecule has 0 bridgehead atoms. The standard InChI is InChI=1S/C25H30N4O3/c1-4-32-24(31)23-18(9-6-12-29-13-7-11-27-29)28-19-14-25(2,3)15-20(30)22(19)21(23)17-8-5-10-26-16-17/h5,7-8,10-11,13,16,21,28H,4,6,9,12,14-15H2,1-3H3. The van der Waals surface area contributed by atoms with Crippen LogP contribution < -0.4 is 5.32 Å². The third kappa shape index (κ3) is 4.52. The van der Waals surface area contributed by atoms with Crippen LogP contribution in [0.3, 0.4) is 0 Å². The number of Topliss-reactive ketones (excluding diaryl/α,β-unsaturated/α-hetero) is 1. The maximum atomic E-state index is 13.3. The van der Waals surface area contributed by atoms with Crippen LogP contribution in [0, 0.1) is 5.41 Å². The summed E-state index contributed by atoms with van der Waals surface area (Å²) in [6.45, 7) is 7.02. The average molecular weight is 435 g/mol. The fourth-order valence-corrected chi connectivity index (χ4v) is 4.73. The number of ketones is 1. The summed E-state index contributed by atoms with van der Waals surface area (Å²) < 4.78 is 7.34. The Labute approximate surface area is 188 Å². The van der Waals surface area contributed by atoms with Crippen molar-refractivity contribution in [1.29, 1.82) is 0 Å². The molecule has 2 aromatic rings. The summed E-state index contributed by atoms with van der Waals surface area (Å²) in [6.07, 6.45) is 9.78. The summed E-state index contributed by atoms with van der Waals surface area (Å²) in [6, 6.07) is 5.67. The minimum atomic E-state index is -0.470. The van der Waals surface area contributed by atoms with Gasteiger partial charge in [0.2, 0.25) is 0 Å². The molecule has 0 aromatic carbocycles. The maximum Gasteiger partial charge on any atom is 0.336 e. The Balaban J connectivity index is 1.77. The van der Waals surface area contributed by atoms with Gasteiger partial charge in [0, 0.05) is 60.6 Å². The number of nitrogens with zero attached hydrogens (tertiary/aromatic N) is 3. The largest absolute Gasteiger partial charge is 0.463 e. The number of pyridine rings is 1. The molecule has 7 heteroatoms. The molecule has 0 saturated carbocycles. The number of ether oxygens (including phenoxy) is 1. The van der Waals surface area contributed by atoms with Crippen LogP contribution >= 0.6 is 0 Å². The van der Waals surface area contributed by atoms with Crippen LogP contribution in [0.1, 0.15) is 57.9 Å². The summed E-state index contributed by atoms with van der Waals surface area (Å²) in [4.78, 5) is 30.8. The van der Waals surface area contributed by atoms with Gasteiger partial charge in [0.05, 0.1) is 12.2 Å². The predicted octanol–water partition coefficient (Wildman–Crippen LogP) is 3.91. The number of rotatable bonds is 7. The summed E-state index contributed by atoms with van der Waals surface area (Å²) in [5.74, 6) is -0.774. The third-order valence-electron chi connectivity index (χ3n) is 6.01. The molecule has 3 heterocycles. The van der Waals surface area contributed by atoms with Gasteiger partial charge in [-0.3, -0.25) is 14.5 Å². The van der Waals surface area contributed by atoms with Gasteiger partial charge in [-0.25, -0.2) is 4.79 Å². The van der Waals surface area contributed by atoms with Crippen molar-refractivity contribution in [2.24, 2.45) is 5.41 Å². The molecule has 7 nitrogen and oxygen atoms in total. The lowest BCUT2D eigenvalue weighted by Gasteiger charge is -2.40. The summed E-state index contributed by atoms with van der Waals surface area (Å²) >= 11 is 0. The Hall–Kier alpha value is -3.22. The minimum absolute atomic E-state index is 0.0787. The molecule has 168 valence electrons. The predicted molar refractivity (Wildman–Crippen MR) is 120 cm³/mol. The highest BCUT2D eigenvalue weighted by molar-refractivity contribution is 6.04. The smallest absolute Gasteiger partial charge is 0.336 e. The van der Waals surface area contributed by atoms with Crippen LogP contribution in [0.2, 0.25) is 0 Å². The lowest BCUT2D eigenvalue weighted by molar-refractivity contribution is -0.138. The first-order valence-corrected chi connectivity index (χ1v) is 11.2.